The van der Waals surface area contributed by atoms with Gasteiger partial charge in [0.25, 0.3) is 0 Å². The van der Waals surface area contributed by atoms with Crippen molar-refractivity contribution in [2.45, 2.75) is 44.6 Å². The van der Waals surface area contributed by atoms with Gasteiger partial charge in [-0.3, -0.25) is 0 Å². The maximum atomic E-state index is 11.3. The standard InChI is InChI=1S/C25H28N2OS/c26-20-11-3-6-15-24(20)29-16-17-8-7-14-23(25(17)28)27-21-12-4-1-9-18(21)19-10-2-5-13-22(19)27/h1-4,9-12,14,18,21,28H,5-8,13,15-16,26H2. The van der Waals surface area contributed by atoms with Crippen LogP contribution in [-0.4, -0.2) is 21.8 Å². The summed E-state index contributed by atoms with van der Waals surface area (Å²) in [5, 5.41) is 11.3. The highest BCUT2D eigenvalue weighted by Gasteiger charge is 2.41. The number of aliphatic hydroxyl groups is 1. The topological polar surface area (TPSA) is 49.5 Å². The van der Waals surface area contributed by atoms with E-state index < -0.39 is 0 Å². The third-order valence-corrected chi connectivity index (χ3v) is 7.71. The van der Waals surface area contributed by atoms with E-state index in [0.717, 1.165) is 61.2 Å². The lowest BCUT2D eigenvalue weighted by Crippen LogP contribution is -2.34. The van der Waals surface area contributed by atoms with Gasteiger partial charge in [0.05, 0.1) is 11.7 Å². The molecule has 0 radical (unpaired) electrons. The van der Waals surface area contributed by atoms with Gasteiger partial charge in [0.1, 0.15) is 5.76 Å². The maximum absolute atomic E-state index is 11.3. The SMILES string of the molecule is NC1=C(SCC2=C(O)C(N3C4=C(C=CCC4)C4C=CC=CC43)=CCC2)CCC=C1. The number of rotatable bonds is 4. The Bertz CT molecular complexity index is 957. The van der Waals surface area contributed by atoms with E-state index in [1.54, 1.807) is 11.8 Å². The fourth-order valence-electron chi connectivity index (χ4n) is 4.97. The molecule has 4 heteroatoms. The molecule has 4 aliphatic carbocycles. The molecule has 0 aromatic carbocycles. The number of hydrogen-bond donors (Lipinski definition) is 2. The number of allylic oxidation sites excluding steroid dienone is 9. The van der Waals surface area contributed by atoms with Crippen molar-refractivity contribution in [1.29, 1.82) is 0 Å². The molecule has 0 saturated carbocycles. The number of hydrogen-bond acceptors (Lipinski definition) is 4. The number of nitrogens with two attached hydrogens (primary N) is 1. The Morgan fingerprint density at radius 2 is 1.86 bits per heavy atom. The van der Waals surface area contributed by atoms with Gasteiger partial charge in [-0.05, 0) is 55.7 Å². The normalized spacial score (nSPS) is 28.3. The minimum atomic E-state index is 0.273. The summed E-state index contributed by atoms with van der Waals surface area (Å²) in [6.45, 7) is 0. The van der Waals surface area contributed by atoms with E-state index in [-0.39, 0.29) is 6.04 Å². The highest BCUT2D eigenvalue weighted by molar-refractivity contribution is 8.03. The van der Waals surface area contributed by atoms with Crippen LogP contribution in [0.15, 0.2) is 93.6 Å². The molecule has 2 unspecified atom stereocenters. The molecule has 0 saturated heterocycles. The van der Waals surface area contributed by atoms with Crippen LogP contribution in [0.4, 0.5) is 0 Å². The van der Waals surface area contributed by atoms with Gasteiger partial charge in [0.15, 0.2) is 0 Å². The molecule has 0 fully saturated rings. The van der Waals surface area contributed by atoms with Crippen LogP contribution in [0.5, 0.6) is 0 Å². The molecule has 5 rings (SSSR count). The Morgan fingerprint density at radius 3 is 2.76 bits per heavy atom. The lowest BCUT2D eigenvalue weighted by Gasteiger charge is -2.34. The molecular weight excluding hydrogens is 376 g/mol. The fourth-order valence-corrected chi connectivity index (χ4v) is 6.10. The molecule has 0 amide bonds. The van der Waals surface area contributed by atoms with Crippen molar-refractivity contribution in [2.24, 2.45) is 11.7 Å². The Morgan fingerprint density at radius 1 is 1.03 bits per heavy atom. The smallest absolute Gasteiger partial charge is 0.138 e. The molecular formula is C25H28N2OS. The van der Waals surface area contributed by atoms with Gasteiger partial charge >= 0.3 is 0 Å². The molecule has 3 N–H and O–H groups in total. The number of thioether (sulfide) groups is 1. The summed E-state index contributed by atoms with van der Waals surface area (Å²) in [6.07, 6.45) is 26.0. The monoisotopic (exact) mass is 404 g/mol. The van der Waals surface area contributed by atoms with E-state index in [0.29, 0.717) is 11.7 Å². The lowest BCUT2D eigenvalue weighted by atomic mass is 9.88. The predicted molar refractivity (Wildman–Crippen MR) is 122 cm³/mol. The zero-order chi connectivity index (χ0) is 19.8. The molecule has 1 heterocycles. The molecule has 2 atom stereocenters. The van der Waals surface area contributed by atoms with Crippen molar-refractivity contribution < 1.29 is 5.11 Å². The quantitative estimate of drug-likeness (QED) is 0.625. The first-order valence-corrected chi connectivity index (χ1v) is 11.7. The Labute approximate surface area is 177 Å². The number of nitrogens with zero attached hydrogens (tertiary/aromatic N) is 1. The van der Waals surface area contributed by atoms with Crippen LogP contribution < -0.4 is 5.73 Å². The largest absolute Gasteiger partial charge is 0.506 e. The highest BCUT2D eigenvalue weighted by atomic mass is 32.2. The summed E-state index contributed by atoms with van der Waals surface area (Å²) >= 11 is 1.80. The Kier molecular flexibility index (Phi) is 5.04. The summed E-state index contributed by atoms with van der Waals surface area (Å²) < 4.78 is 0. The first-order chi connectivity index (χ1) is 14.2. The molecule has 5 aliphatic rings. The number of aliphatic hydroxyl groups excluding tert-OH is 1. The fraction of sp³-hybridized carbons (Fsp3) is 0.360. The van der Waals surface area contributed by atoms with Crippen molar-refractivity contribution in [1.82, 2.24) is 4.90 Å². The van der Waals surface area contributed by atoms with Crippen molar-refractivity contribution in [3.8, 4) is 0 Å². The molecule has 0 bridgehead atoms. The minimum Gasteiger partial charge on any atom is -0.506 e. The molecule has 0 spiro atoms. The van der Waals surface area contributed by atoms with E-state index in [2.05, 4.69) is 53.5 Å². The van der Waals surface area contributed by atoms with Gasteiger partial charge in [-0.2, -0.15) is 0 Å². The minimum absolute atomic E-state index is 0.273. The molecule has 29 heavy (non-hydrogen) atoms. The van der Waals surface area contributed by atoms with Gasteiger partial charge in [0.2, 0.25) is 0 Å². The van der Waals surface area contributed by atoms with E-state index in [9.17, 15) is 5.11 Å². The highest BCUT2D eigenvalue weighted by Crippen LogP contribution is 2.46. The third kappa shape index (κ3) is 3.33. The van der Waals surface area contributed by atoms with Crippen LogP contribution in [0.25, 0.3) is 0 Å². The first-order valence-electron chi connectivity index (χ1n) is 10.7. The van der Waals surface area contributed by atoms with E-state index in [1.807, 2.05) is 6.08 Å². The van der Waals surface area contributed by atoms with E-state index in [1.165, 1.54) is 16.2 Å². The average Bonchev–Trinajstić information content (AvgIpc) is 3.09. The van der Waals surface area contributed by atoms with Gasteiger partial charge in [-0.1, -0.05) is 48.6 Å². The zero-order valence-electron chi connectivity index (χ0n) is 16.7. The molecule has 0 aromatic heterocycles. The van der Waals surface area contributed by atoms with Gasteiger partial charge < -0.3 is 15.7 Å². The zero-order valence-corrected chi connectivity index (χ0v) is 17.5. The summed E-state index contributed by atoms with van der Waals surface area (Å²) in [6, 6.07) is 0.273. The maximum Gasteiger partial charge on any atom is 0.138 e. The van der Waals surface area contributed by atoms with Crippen LogP contribution in [-0.2, 0) is 0 Å². The Hall–Kier alpha value is -2.33. The third-order valence-electron chi connectivity index (χ3n) is 6.43. The van der Waals surface area contributed by atoms with Crippen LogP contribution in [0.2, 0.25) is 0 Å². The van der Waals surface area contributed by atoms with Crippen LogP contribution in [0, 0.1) is 5.92 Å². The van der Waals surface area contributed by atoms with Crippen molar-refractivity contribution >= 4 is 11.8 Å². The second kappa shape index (κ2) is 7.83. The second-order valence-corrected chi connectivity index (χ2v) is 9.26. The Balaban J connectivity index is 1.43. The number of fused-ring (bicyclic) bond motifs is 2. The van der Waals surface area contributed by atoms with Crippen molar-refractivity contribution in [2.75, 3.05) is 5.75 Å². The van der Waals surface area contributed by atoms with E-state index in [4.69, 9.17) is 5.73 Å². The van der Waals surface area contributed by atoms with Crippen molar-refractivity contribution in [3.05, 3.63) is 93.6 Å². The molecule has 0 aromatic rings. The molecule has 3 nitrogen and oxygen atoms in total. The van der Waals surface area contributed by atoms with Gasteiger partial charge in [-0.15, -0.1) is 11.8 Å². The summed E-state index contributed by atoms with van der Waals surface area (Å²) in [4.78, 5) is 3.67. The predicted octanol–water partition coefficient (Wildman–Crippen LogP) is 5.76. The molecule has 150 valence electrons. The van der Waals surface area contributed by atoms with Gasteiger partial charge in [-0.25, -0.2) is 0 Å². The van der Waals surface area contributed by atoms with Crippen LogP contribution in [0.3, 0.4) is 0 Å². The van der Waals surface area contributed by atoms with Gasteiger partial charge in [0, 0.05) is 28.0 Å². The molecule has 1 aliphatic heterocycles. The van der Waals surface area contributed by atoms with Crippen molar-refractivity contribution in [3.63, 3.8) is 0 Å². The summed E-state index contributed by atoms with van der Waals surface area (Å²) in [7, 11) is 0. The van der Waals surface area contributed by atoms with E-state index >= 15 is 0 Å². The lowest BCUT2D eigenvalue weighted by molar-refractivity contribution is 0.306. The second-order valence-electron chi connectivity index (χ2n) is 8.19. The van der Waals surface area contributed by atoms with Crippen LogP contribution in [0.1, 0.15) is 38.5 Å². The first kappa shape index (κ1) is 18.7. The average molecular weight is 405 g/mol. The summed E-state index contributed by atoms with van der Waals surface area (Å²) in [5.74, 6) is 1.69. The van der Waals surface area contributed by atoms with Crippen LogP contribution >= 0.6 is 11.8 Å². The summed E-state index contributed by atoms with van der Waals surface area (Å²) in [5.41, 5.74) is 12.0.